The molecule has 9 heteroatoms. The monoisotopic (exact) mass is 351 g/mol. The lowest BCUT2D eigenvalue weighted by atomic mass is 10.2. The Morgan fingerprint density at radius 3 is 2.70 bits per heavy atom. The molecule has 0 aliphatic rings. The zero-order valence-corrected chi connectivity index (χ0v) is 13.5. The summed E-state index contributed by atoms with van der Waals surface area (Å²) in [7, 11) is -3.72. The van der Waals surface area contributed by atoms with E-state index >= 15 is 0 Å². The molecule has 0 fully saturated rings. The molecule has 0 unspecified atom stereocenters. The molecule has 0 aliphatic carbocycles. The maximum atomic E-state index is 11.7. The van der Waals surface area contributed by atoms with Gasteiger partial charge in [-0.1, -0.05) is 12.1 Å². The number of carbonyl (C=O) groups excluding carboxylic acids is 1. The van der Waals surface area contributed by atoms with E-state index in [1.807, 2.05) is 6.07 Å². The number of hydrogen-bond acceptors (Lipinski definition) is 6. The molecule has 0 saturated heterocycles. The molecular formula is C14H13N3O4S2. The fourth-order valence-electron chi connectivity index (χ4n) is 1.67. The maximum absolute atomic E-state index is 11.7. The van der Waals surface area contributed by atoms with Crippen LogP contribution in [-0.2, 0) is 21.4 Å². The summed E-state index contributed by atoms with van der Waals surface area (Å²) in [5.41, 5.74) is 0.344. The van der Waals surface area contributed by atoms with E-state index < -0.39 is 10.0 Å². The number of thiophene rings is 1. The second-order valence-corrected chi connectivity index (χ2v) is 7.40. The Morgan fingerprint density at radius 2 is 2.04 bits per heavy atom. The second-order valence-electron chi connectivity index (χ2n) is 4.44. The number of hydrogen-bond donors (Lipinski definition) is 2. The Kier molecular flexibility index (Phi) is 5.33. The summed E-state index contributed by atoms with van der Waals surface area (Å²) in [6.45, 7) is -0.0750. The fourth-order valence-corrected chi connectivity index (χ4v) is 3.39. The molecule has 120 valence electrons. The first-order chi connectivity index (χ1) is 10.9. The van der Waals surface area contributed by atoms with Crippen molar-refractivity contribution in [3.05, 3.63) is 46.8 Å². The van der Waals surface area contributed by atoms with E-state index in [0.29, 0.717) is 16.2 Å². The van der Waals surface area contributed by atoms with Crippen molar-refractivity contribution in [2.24, 2.45) is 5.14 Å². The van der Waals surface area contributed by atoms with Gasteiger partial charge in [0.2, 0.25) is 10.0 Å². The van der Waals surface area contributed by atoms with E-state index in [1.54, 1.807) is 30.3 Å². The number of amides is 1. The first kappa shape index (κ1) is 17.0. The number of nitrogens with two attached hydrogens (primary N) is 1. The van der Waals surface area contributed by atoms with Crippen LogP contribution in [0.5, 0.6) is 5.75 Å². The van der Waals surface area contributed by atoms with Crippen LogP contribution in [0.1, 0.15) is 10.4 Å². The molecule has 23 heavy (non-hydrogen) atoms. The van der Waals surface area contributed by atoms with Crippen molar-refractivity contribution >= 4 is 27.3 Å². The van der Waals surface area contributed by atoms with Gasteiger partial charge in [0.25, 0.3) is 5.91 Å². The molecule has 0 aliphatic heterocycles. The van der Waals surface area contributed by atoms with Crippen molar-refractivity contribution in [3.8, 4) is 11.8 Å². The minimum absolute atomic E-state index is 0.0425. The van der Waals surface area contributed by atoms with Gasteiger partial charge in [0.15, 0.2) is 6.61 Å². The van der Waals surface area contributed by atoms with Crippen LogP contribution in [0, 0.1) is 11.3 Å². The largest absolute Gasteiger partial charge is 0.482 e. The summed E-state index contributed by atoms with van der Waals surface area (Å²) in [6.07, 6.45) is 0. The molecule has 0 radical (unpaired) electrons. The molecule has 3 N–H and O–H groups in total. The zero-order valence-electron chi connectivity index (χ0n) is 11.9. The van der Waals surface area contributed by atoms with Gasteiger partial charge < -0.3 is 10.1 Å². The highest BCUT2D eigenvalue weighted by molar-refractivity contribution is 7.91. The minimum Gasteiger partial charge on any atom is -0.482 e. The van der Waals surface area contributed by atoms with Crippen molar-refractivity contribution < 1.29 is 17.9 Å². The lowest BCUT2D eigenvalue weighted by molar-refractivity contribution is -0.123. The van der Waals surface area contributed by atoms with Crippen LogP contribution >= 0.6 is 11.3 Å². The summed E-state index contributed by atoms with van der Waals surface area (Å²) >= 11 is 0.991. The van der Waals surface area contributed by atoms with Gasteiger partial charge >= 0.3 is 0 Å². The average Bonchev–Trinajstić information content (AvgIpc) is 3.00. The minimum atomic E-state index is -3.72. The molecular weight excluding hydrogens is 338 g/mol. The summed E-state index contributed by atoms with van der Waals surface area (Å²) < 4.78 is 27.7. The predicted molar refractivity (Wildman–Crippen MR) is 84.2 cm³/mol. The summed E-state index contributed by atoms with van der Waals surface area (Å²) in [5, 5.41) is 16.5. The van der Waals surface area contributed by atoms with Gasteiger partial charge in [-0.25, -0.2) is 13.6 Å². The summed E-state index contributed by atoms with van der Waals surface area (Å²) in [6, 6.07) is 11.5. The van der Waals surface area contributed by atoms with Crippen molar-refractivity contribution in [2.45, 2.75) is 10.8 Å². The topological polar surface area (TPSA) is 122 Å². The molecule has 0 saturated carbocycles. The smallest absolute Gasteiger partial charge is 0.258 e. The first-order valence-corrected chi connectivity index (χ1v) is 8.76. The number of primary sulfonamides is 1. The fraction of sp³-hybridized carbons (Fsp3) is 0.143. The molecule has 2 rings (SSSR count). The number of sulfonamides is 1. The number of nitrogens with one attached hydrogen (secondary N) is 1. The molecule has 1 aromatic carbocycles. The third-order valence-corrected chi connectivity index (χ3v) is 5.27. The Hall–Kier alpha value is -2.41. The number of benzene rings is 1. The molecule has 0 atom stereocenters. The lowest BCUT2D eigenvalue weighted by Gasteiger charge is -2.07. The van der Waals surface area contributed by atoms with Gasteiger partial charge in [-0.3, -0.25) is 4.79 Å². The zero-order chi connectivity index (χ0) is 16.9. The molecule has 1 aromatic heterocycles. The van der Waals surface area contributed by atoms with Gasteiger partial charge in [0, 0.05) is 4.88 Å². The van der Waals surface area contributed by atoms with Crippen LogP contribution in [0.25, 0.3) is 0 Å². The number of nitrogens with zero attached hydrogens (tertiary/aromatic N) is 1. The third-order valence-electron chi connectivity index (χ3n) is 2.74. The van der Waals surface area contributed by atoms with E-state index in [0.717, 1.165) is 11.3 Å². The van der Waals surface area contributed by atoms with Crippen LogP contribution in [0.4, 0.5) is 0 Å². The normalized spacial score (nSPS) is 10.8. The highest BCUT2D eigenvalue weighted by Crippen LogP contribution is 2.20. The van der Waals surface area contributed by atoms with Gasteiger partial charge in [-0.2, -0.15) is 5.26 Å². The van der Waals surface area contributed by atoms with Crippen LogP contribution in [0.3, 0.4) is 0 Å². The van der Waals surface area contributed by atoms with Crippen molar-refractivity contribution in [1.29, 1.82) is 5.26 Å². The Labute approximate surface area is 137 Å². The first-order valence-electron chi connectivity index (χ1n) is 6.40. The van der Waals surface area contributed by atoms with Gasteiger partial charge in [-0.05, 0) is 24.3 Å². The van der Waals surface area contributed by atoms with E-state index in [1.165, 1.54) is 6.07 Å². The van der Waals surface area contributed by atoms with Crippen LogP contribution < -0.4 is 15.2 Å². The third kappa shape index (κ3) is 4.79. The lowest BCUT2D eigenvalue weighted by Crippen LogP contribution is -2.28. The number of rotatable bonds is 6. The SMILES string of the molecule is N#Cc1ccccc1OCC(=O)NCc1ccc(S(N)(=O)=O)s1. The Bertz CT molecular complexity index is 853. The summed E-state index contributed by atoms with van der Waals surface area (Å²) in [5.74, 6) is -0.0546. The standard InChI is InChI=1S/C14H13N3O4S2/c15-7-10-3-1-2-4-12(10)21-9-13(18)17-8-11-5-6-14(22-11)23(16,19)20/h1-6H,8-9H2,(H,17,18)(H2,16,19,20). The molecule has 2 aromatic rings. The van der Waals surface area contributed by atoms with Crippen molar-refractivity contribution in [3.63, 3.8) is 0 Å². The van der Waals surface area contributed by atoms with E-state index in [9.17, 15) is 13.2 Å². The highest BCUT2D eigenvalue weighted by atomic mass is 32.2. The Balaban J connectivity index is 1.86. The average molecular weight is 351 g/mol. The van der Waals surface area contributed by atoms with Gasteiger partial charge in [0.1, 0.15) is 16.0 Å². The molecule has 7 nitrogen and oxygen atoms in total. The number of carbonyl (C=O) groups is 1. The van der Waals surface area contributed by atoms with E-state index in [2.05, 4.69) is 5.32 Å². The van der Waals surface area contributed by atoms with E-state index in [4.69, 9.17) is 15.1 Å². The number of para-hydroxylation sites is 1. The van der Waals surface area contributed by atoms with Crippen molar-refractivity contribution in [2.75, 3.05) is 6.61 Å². The number of nitriles is 1. The van der Waals surface area contributed by atoms with E-state index in [-0.39, 0.29) is 23.3 Å². The van der Waals surface area contributed by atoms with Crippen LogP contribution in [0.2, 0.25) is 0 Å². The van der Waals surface area contributed by atoms with Crippen molar-refractivity contribution in [1.82, 2.24) is 5.32 Å². The van der Waals surface area contributed by atoms with Crippen LogP contribution in [0.15, 0.2) is 40.6 Å². The van der Waals surface area contributed by atoms with Crippen LogP contribution in [-0.4, -0.2) is 20.9 Å². The molecule has 0 bridgehead atoms. The molecule has 1 heterocycles. The van der Waals surface area contributed by atoms with Gasteiger partial charge in [0.05, 0.1) is 12.1 Å². The van der Waals surface area contributed by atoms with Gasteiger partial charge in [-0.15, -0.1) is 11.3 Å². The predicted octanol–water partition coefficient (Wildman–Crippen LogP) is 0.962. The summed E-state index contributed by atoms with van der Waals surface area (Å²) in [4.78, 5) is 12.4. The molecule has 0 spiro atoms. The maximum Gasteiger partial charge on any atom is 0.258 e. The quantitative estimate of drug-likeness (QED) is 0.802. The molecule has 1 amide bonds. The number of ether oxygens (including phenoxy) is 1. The Morgan fingerprint density at radius 1 is 1.30 bits per heavy atom. The second kappa shape index (κ2) is 7.23. The highest BCUT2D eigenvalue weighted by Gasteiger charge is 2.12.